The molecule has 1 N–H and O–H groups in total. The first-order valence-corrected chi connectivity index (χ1v) is 6.89. The predicted octanol–water partition coefficient (Wildman–Crippen LogP) is 2.60. The van der Waals surface area contributed by atoms with E-state index in [0.29, 0.717) is 12.1 Å². The summed E-state index contributed by atoms with van der Waals surface area (Å²) in [4.78, 5) is 11.3. The van der Waals surface area contributed by atoms with E-state index in [9.17, 15) is 0 Å². The van der Waals surface area contributed by atoms with Crippen LogP contribution in [0.5, 0.6) is 0 Å². The van der Waals surface area contributed by atoms with Gasteiger partial charge in [-0.1, -0.05) is 20.8 Å². The topological polar surface area (TPSA) is 41.1 Å². The number of hydrogen-bond donors (Lipinski definition) is 1. The van der Waals surface area contributed by atoms with E-state index in [4.69, 9.17) is 0 Å². The van der Waals surface area contributed by atoms with Crippen molar-refractivity contribution in [3.63, 3.8) is 0 Å². The highest BCUT2D eigenvalue weighted by Gasteiger charge is 2.12. The number of nitrogens with zero attached hydrogens (tertiary/aromatic N) is 3. The van der Waals surface area contributed by atoms with Crippen LogP contribution >= 0.6 is 0 Å². The van der Waals surface area contributed by atoms with Crippen LogP contribution in [0.25, 0.3) is 0 Å². The second-order valence-corrected chi connectivity index (χ2v) is 4.94. The highest BCUT2D eigenvalue weighted by atomic mass is 15.2. The van der Waals surface area contributed by atoms with Gasteiger partial charge in [-0.3, -0.25) is 4.98 Å². The zero-order valence-electron chi connectivity index (χ0n) is 12.3. The molecule has 4 nitrogen and oxygen atoms in total. The third-order valence-electron chi connectivity index (χ3n) is 3.14. The summed E-state index contributed by atoms with van der Waals surface area (Å²) in [6, 6.07) is 0.975. The molecule has 0 amide bonds. The second kappa shape index (κ2) is 7.31. The average molecular weight is 250 g/mol. The number of rotatable bonds is 7. The third-order valence-corrected chi connectivity index (χ3v) is 3.14. The lowest BCUT2D eigenvalue weighted by Gasteiger charge is -2.28. The van der Waals surface area contributed by atoms with Crippen molar-refractivity contribution in [3.05, 3.63) is 18.1 Å². The van der Waals surface area contributed by atoms with Gasteiger partial charge in [0.05, 0.1) is 18.1 Å². The molecule has 18 heavy (non-hydrogen) atoms. The van der Waals surface area contributed by atoms with Gasteiger partial charge in [-0.05, 0) is 20.3 Å². The standard InChI is InChI=1S/C14H26N4/c1-6-12(5)18(7-2)14-10-16-13(9-17-14)8-15-11(3)4/h9-12,15H,6-8H2,1-5H3. The number of nitrogens with one attached hydrogen (secondary N) is 1. The monoisotopic (exact) mass is 250 g/mol. The Labute approximate surface area is 111 Å². The molecule has 0 bridgehead atoms. The first kappa shape index (κ1) is 14.9. The lowest BCUT2D eigenvalue weighted by atomic mass is 10.2. The fourth-order valence-corrected chi connectivity index (χ4v) is 1.82. The molecule has 1 heterocycles. The Balaban J connectivity index is 2.68. The molecular formula is C14H26N4. The van der Waals surface area contributed by atoms with Gasteiger partial charge in [0.2, 0.25) is 0 Å². The van der Waals surface area contributed by atoms with Gasteiger partial charge in [-0.25, -0.2) is 4.98 Å². The van der Waals surface area contributed by atoms with E-state index in [-0.39, 0.29) is 0 Å². The zero-order valence-corrected chi connectivity index (χ0v) is 12.3. The van der Waals surface area contributed by atoms with E-state index in [1.54, 1.807) is 0 Å². The maximum atomic E-state index is 4.52. The average Bonchev–Trinajstić information content (AvgIpc) is 2.38. The predicted molar refractivity (Wildman–Crippen MR) is 76.8 cm³/mol. The molecule has 102 valence electrons. The van der Waals surface area contributed by atoms with Gasteiger partial charge in [0.1, 0.15) is 5.82 Å². The van der Waals surface area contributed by atoms with Gasteiger partial charge in [-0.15, -0.1) is 0 Å². The van der Waals surface area contributed by atoms with Crippen LogP contribution in [0.15, 0.2) is 12.4 Å². The van der Waals surface area contributed by atoms with Crippen molar-refractivity contribution >= 4 is 5.82 Å². The van der Waals surface area contributed by atoms with Gasteiger partial charge < -0.3 is 10.2 Å². The molecule has 0 radical (unpaired) electrons. The molecule has 1 unspecified atom stereocenters. The summed E-state index contributed by atoms with van der Waals surface area (Å²) in [5.41, 5.74) is 0.993. The van der Waals surface area contributed by atoms with E-state index in [0.717, 1.165) is 31.0 Å². The smallest absolute Gasteiger partial charge is 0.147 e. The Hall–Kier alpha value is -1.16. The fourth-order valence-electron chi connectivity index (χ4n) is 1.82. The van der Waals surface area contributed by atoms with Gasteiger partial charge >= 0.3 is 0 Å². The summed E-state index contributed by atoms with van der Waals surface area (Å²) in [5, 5.41) is 3.34. The Morgan fingerprint density at radius 3 is 2.33 bits per heavy atom. The summed E-state index contributed by atoms with van der Waals surface area (Å²) >= 11 is 0. The second-order valence-electron chi connectivity index (χ2n) is 4.94. The molecule has 0 aliphatic heterocycles. The van der Waals surface area contributed by atoms with Gasteiger partial charge in [0.15, 0.2) is 0 Å². The minimum atomic E-state index is 0.471. The van der Waals surface area contributed by atoms with E-state index >= 15 is 0 Å². The summed E-state index contributed by atoms with van der Waals surface area (Å²) in [6.07, 6.45) is 4.87. The van der Waals surface area contributed by atoms with Crippen LogP contribution in [0.3, 0.4) is 0 Å². The molecule has 0 saturated carbocycles. The zero-order chi connectivity index (χ0) is 13.5. The van der Waals surface area contributed by atoms with Crippen molar-refractivity contribution in [1.29, 1.82) is 0 Å². The molecule has 1 atom stereocenters. The molecular weight excluding hydrogens is 224 g/mol. The molecule has 1 rings (SSSR count). The van der Waals surface area contributed by atoms with Crippen molar-refractivity contribution in [2.45, 2.75) is 59.7 Å². The molecule has 1 aromatic heterocycles. The molecule has 0 aliphatic rings. The van der Waals surface area contributed by atoms with Crippen molar-refractivity contribution in [1.82, 2.24) is 15.3 Å². The highest BCUT2D eigenvalue weighted by Crippen LogP contribution is 2.14. The highest BCUT2D eigenvalue weighted by molar-refractivity contribution is 5.36. The normalized spacial score (nSPS) is 12.8. The van der Waals surface area contributed by atoms with Gasteiger partial charge in [0, 0.05) is 25.2 Å². The quantitative estimate of drug-likeness (QED) is 0.807. The molecule has 4 heteroatoms. The van der Waals surface area contributed by atoms with Crippen molar-refractivity contribution in [3.8, 4) is 0 Å². The summed E-state index contributed by atoms with van der Waals surface area (Å²) in [5.74, 6) is 0.972. The maximum Gasteiger partial charge on any atom is 0.147 e. The largest absolute Gasteiger partial charge is 0.353 e. The lowest BCUT2D eigenvalue weighted by Crippen LogP contribution is -2.33. The van der Waals surface area contributed by atoms with Crippen molar-refractivity contribution in [2.75, 3.05) is 11.4 Å². The van der Waals surface area contributed by atoms with Crippen LogP contribution in [0.4, 0.5) is 5.82 Å². The summed E-state index contributed by atoms with van der Waals surface area (Å²) in [7, 11) is 0. The van der Waals surface area contributed by atoms with Crippen LogP contribution in [0.2, 0.25) is 0 Å². The summed E-state index contributed by atoms with van der Waals surface area (Å²) < 4.78 is 0. The SMILES string of the molecule is CCC(C)N(CC)c1cnc(CNC(C)C)cn1. The van der Waals surface area contributed by atoms with Crippen LogP contribution < -0.4 is 10.2 Å². The molecule has 1 aromatic rings. The maximum absolute atomic E-state index is 4.52. The Kier molecular flexibility index (Phi) is 6.05. The minimum Gasteiger partial charge on any atom is -0.353 e. The Bertz CT molecular complexity index is 334. The third kappa shape index (κ3) is 4.26. The first-order chi connectivity index (χ1) is 8.58. The van der Waals surface area contributed by atoms with Gasteiger partial charge in [0.25, 0.3) is 0 Å². The van der Waals surface area contributed by atoms with Crippen molar-refractivity contribution < 1.29 is 0 Å². The van der Waals surface area contributed by atoms with E-state index < -0.39 is 0 Å². The number of hydrogen-bond acceptors (Lipinski definition) is 4. The van der Waals surface area contributed by atoms with Gasteiger partial charge in [-0.2, -0.15) is 0 Å². The Morgan fingerprint density at radius 1 is 1.17 bits per heavy atom. The molecule has 0 spiro atoms. The number of aromatic nitrogens is 2. The molecule has 0 aliphatic carbocycles. The van der Waals surface area contributed by atoms with E-state index in [1.165, 1.54) is 0 Å². The Morgan fingerprint density at radius 2 is 1.89 bits per heavy atom. The van der Waals surface area contributed by atoms with Crippen molar-refractivity contribution in [2.24, 2.45) is 0 Å². The summed E-state index contributed by atoms with van der Waals surface area (Å²) in [6.45, 7) is 12.6. The fraction of sp³-hybridized carbons (Fsp3) is 0.714. The van der Waals surface area contributed by atoms with Crippen LogP contribution in [-0.2, 0) is 6.54 Å². The van der Waals surface area contributed by atoms with Crippen LogP contribution in [-0.4, -0.2) is 28.6 Å². The minimum absolute atomic E-state index is 0.471. The van der Waals surface area contributed by atoms with Crippen LogP contribution in [0.1, 0.15) is 46.7 Å². The number of anilines is 1. The van der Waals surface area contributed by atoms with E-state index in [1.807, 2.05) is 12.4 Å². The first-order valence-electron chi connectivity index (χ1n) is 6.89. The van der Waals surface area contributed by atoms with Crippen LogP contribution in [0, 0.1) is 0 Å². The van der Waals surface area contributed by atoms with E-state index in [2.05, 4.69) is 54.8 Å². The molecule has 0 fully saturated rings. The molecule has 0 aromatic carbocycles. The lowest BCUT2D eigenvalue weighted by molar-refractivity contribution is 0.578. The molecule has 0 saturated heterocycles.